The second-order valence-corrected chi connectivity index (χ2v) is 3.94. The second kappa shape index (κ2) is 5.18. The quantitative estimate of drug-likeness (QED) is 0.537. The highest BCUT2D eigenvalue weighted by Crippen LogP contribution is 2.28. The summed E-state index contributed by atoms with van der Waals surface area (Å²) in [5, 5.41) is 0. The van der Waals surface area contributed by atoms with Crippen LogP contribution < -0.4 is 0 Å². The first-order chi connectivity index (χ1) is 5.50. The van der Waals surface area contributed by atoms with E-state index in [0.29, 0.717) is 11.8 Å². The highest BCUT2D eigenvalue weighted by Gasteiger charge is 2.17. The van der Waals surface area contributed by atoms with E-state index in [1.54, 1.807) is 0 Å². The van der Waals surface area contributed by atoms with Crippen LogP contribution in [0.2, 0.25) is 0 Å². The van der Waals surface area contributed by atoms with Gasteiger partial charge in [-0.05, 0) is 19.8 Å². The molecule has 0 aromatic heterocycles. The van der Waals surface area contributed by atoms with Crippen molar-refractivity contribution < 1.29 is 0 Å². The molecule has 1 unspecified atom stereocenters. The minimum atomic E-state index is 0.518. The zero-order chi connectivity index (χ0) is 9.72. The Balaban J connectivity index is 4.29. The van der Waals surface area contributed by atoms with Crippen molar-refractivity contribution in [1.29, 1.82) is 0 Å². The Hall–Kier alpha value is -0.520. The van der Waals surface area contributed by atoms with Crippen molar-refractivity contribution in [1.82, 2.24) is 0 Å². The van der Waals surface area contributed by atoms with Gasteiger partial charge in [0.25, 0.3) is 0 Å². The zero-order valence-electron chi connectivity index (χ0n) is 8.98. The highest BCUT2D eigenvalue weighted by atomic mass is 14.2. The molecular weight excluding hydrogens is 144 g/mol. The molecule has 0 aliphatic heterocycles. The smallest absolute Gasteiger partial charge is 0.00217 e. The van der Waals surface area contributed by atoms with E-state index in [4.69, 9.17) is 0 Å². The van der Waals surface area contributed by atoms with Crippen molar-refractivity contribution in [3.63, 3.8) is 0 Å². The van der Waals surface area contributed by atoms with E-state index in [9.17, 15) is 0 Å². The van der Waals surface area contributed by atoms with Crippen molar-refractivity contribution in [2.75, 3.05) is 0 Å². The summed E-state index contributed by atoms with van der Waals surface area (Å²) in [5.41, 5.74) is 2.51. The summed E-state index contributed by atoms with van der Waals surface area (Å²) >= 11 is 0. The molecule has 0 bridgehead atoms. The van der Waals surface area contributed by atoms with Crippen molar-refractivity contribution in [2.45, 2.75) is 40.5 Å². The van der Waals surface area contributed by atoms with Crippen LogP contribution in [0.1, 0.15) is 40.5 Å². The predicted molar refractivity (Wildman–Crippen MR) is 57.2 cm³/mol. The van der Waals surface area contributed by atoms with Gasteiger partial charge in [-0.15, -0.1) is 0 Å². The van der Waals surface area contributed by atoms with Gasteiger partial charge in [0, 0.05) is 5.92 Å². The molecule has 12 heavy (non-hydrogen) atoms. The van der Waals surface area contributed by atoms with Crippen molar-refractivity contribution in [3.05, 3.63) is 24.3 Å². The van der Waals surface area contributed by atoms with Gasteiger partial charge in [0.15, 0.2) is 0 Å². The van der Waals surface area contributed by atoms with Gasteiger partial charge in [-0.25, -0.2) is 0 Å². The van der Waals surface area contributed by atoms with Crippen LogP contribution in [0.25, 0.3) is 0 Å². The van der Waals surface area contributed by atoms with E-state index in [2.05, 4.69) is 40.9 Å². The number of hydrogen-bond donors (Lipinski definition) is 0. The zero-order valence-corrected chi connectivity index (χ0v) is 8.98. The maximum absolute atomic E-state index is 4.02. The van der Waals surface area contributed by atoms with E-state index in [-0.39, 0.29) is 0 Å². The van der Waals surface area contributed by atoms with Crippen LogP contribution >= 0.6 is 0 Å². The molecule has 0 saturated carbocycles. The molecule has 0 aliphatic rings. The van der Waals surface area contributed by atoms with E-state index < -0.39 is 0 Å². The third-order valence-corrected chi connectivity index (χ3v) is 2.37. The lowest BCUT2D eigenvalue weighted by molar-refractivity contribution is 0.425. The molecule has 0 spiro atoms. The van der Waals surface area contributed by atoms with Gasteiger partial charge < -0.3 is 0 Å². The average Bonchev–Trinajstić information content (AvgIpc) is 1.85. The summed E-state index contributed by atoms with van der Waals surface area (Å²) in [5.74, 6) is 1.22. The number of hydrogen-bond acceptors (Lipinski definition) is 0. The lowest BCUT2D eigenvalue weighted by atomic mass is 9.81. The minimum absolute atomic E-state index is 0.518. The summed E-state index contributed by atoms with van der Waals surface area (Å²) < 4.78 is 0. The topological polar surface area (TPSA) is 0 Å². The Bertz CT molecular complexity index is 151. The van der Waals surface area contributed by atoms with Crippen LogP contribution in [-0.2, 0) is 0 Å². The van der Waals surface area contributed by atoms with Crippen LogP contribution in [0.15, 0.2) is 24.3 Å². The van der Waals surface area contributed by atoms with E-state index in [1.165, 1.54) is 24.0 Å². The molecule has 0 fully saturated rings. The Labute approximate surface area is 77.4 Å². The summed E-state index contributed by atoms with van der Waals surface area (Å²) in [4.78, 5) is 0. The van der Waals surface area contributed by atoms with Crippen LogP contribution in [0.3, 0.4) is 0 Å². The fraction of sp³-hybridized carbons (Fsp3) is 0.667. The van der Waals surface area contributed by atoms with Crippen molar-refractivity contribution >= 4 is 0 Å². The first kappa shape index (κ1) is 11.5. The molecule has 0 rings (SSSR count). The maximum atomic E-state index is 4.02. The molecule has 0 aliphatic carbocycles. The van der Waals surface area contributed by atoms with Gasteiger partial charge in [-0.2, -0.15) is 0 Å². The van der Waals surface area contributed by atoms with Gasteiger partial charge in [-0.3, -0.25) is 0 Å². The lowest BCUT2D eigenvalue weighted by Crippen LogP contribution is -2.13. The monoisotopic (exact) mass is 166 g/mol. The summed E-state index contributed by atoms with van der Waals surface area (Å²) in [7, 11) is 0. The molecule has 0 aromatic rings. The lowest BCUT2D eigenvalue weighted by Gasteiger charge is -2.24. The molecule has 0 heteroatoms. The van der Waals surface area contributed by atoms with E-state index >= 15 is 0 Å². The summed E-state index contributed by atoms with van der Waals surface area (Å²) in [6.45, 7) is 16.8. The van der Waals surface area contributed by atoms with Crippen LogP contribution in [0.4, 0.5) is 0 Å². The standard InChI is InChI=1S/C12H22/c1-7-8-11(6)12(9(2)3)10(4)5/h11-12H,2,4,7-8H2,1,3,5-6H3. The van der Waals surface area contributed by atoms with Gasteiger partial charge in [-0.1, -0.05) is 51.0 Å². The Morgan fingerprint density at radius 3 is 1.83 bits per heavy atom. The van der Waals surface area contributed by atoms with E-state index in [0.717, 1.165) is 0 Å². The molecule has 1 atom stereocenters. The molecule has 0 nitrogen and oxygen atoms in total. The molecule has 0 radical (unpaired) electrons. The molecule has 0 heterocycles. The van der Waals surface area contributed by atoms with Crippen molar-refractivity contribution in [2.24, 2.45) is 11.8 Å². The molecule has 0 amide bonds. The van der Waals surface area contributed by atoms with Crippen LogP contribution in [0, 0.1) is 11.8 Å². The third kappa shape index (κ3) is 3.25. The minimum Gasteiger partial charge on any atom is -0.0995 e. The molecular formula is C12H22. The molecule has 0 N–H and O–H groups in total. The van der Waals surface area contributed by atoms with Crippen LogP contribution in [-0.4, -0.2) is 0 Å². The first-order valence-electron chi connectivity index (χ1n) is 4.81. The first-order valence-corrected chi connectivity index (χ1v) is 4.81. The Kier molecular flexibility index (Phi) is 4.96. The highest BCUT2D eigenvalue weighted by molar-refractivity contribution is 5.13. The normalized spacial score (nSPS) is 13.1. The third-order valence-electron chi connectivity index (χ3n) is 2.37. The summed E-state index contributed by atoms with van der Waals surface area (Å²) in [6.07, 6.45) is 2.52. The molecule has 0 aromatic carbocycles. The number of rotatable bonds is 5. The largest absolute Gasteiger partial charge is 0.0995 e. The average molecular weight is 166 g/mol. The van der Waals surface area contributed by atoms with Crippen LogP contribution in [0.5, 0.6) is 0 Å². The molecule has 70 valence electrons. The fourth-order valence-electron chi connectivity index (χ4n) is 2.01. The number of allylic oxidation sites excluding steroid dienone is 2. The van der Waals surface area contributed by atoms with E-state index in [1.807, 2.05) is 0 Å². The fourth-order valence-corrected chi connectivity index (χ4v) is 2.01. The van der Waals surface area contributed by atoms with Crippen molar-refractivity contribution in [3.8, 4) is 0 Å². The second-order valence-electron chi connectivity index (χ2n) is 3.94. The molecule has 0 saturated heterocycles. The Morgan fingerprint density at radius 1 is 1.17 bits per heavy atom. The SMILES string of the molecule is C=C(C)C(C(=C)C)C(C)CCC. The van der Waals surface area contributed by atoms with Gasteiger partial charge in [0.05, 0.1) is 0 Å². The maximum Gasteiger partial charge on any atom is 0.00217 e. The predicted octanol–water partition coefficient (Wildman–Crippen LogP) is 4.19. The van der Waals surface area contributed by atoms with Gasteiger partial charge in [0.2, 0.25) is 0 Å². The van der Waals surface area contributed by atoms with Gasteiger partial charge >= 0.3 is 0 Å². The van der Waals surface area contributed by atoms with Gasteiger partial charge in [0.1, 0.15) is 0 Å². The Morgan fingerprint density at radius 2 is 1.58 bits per heavy atom. The summed E-state index contributed by atoms with van der Waals surface area (Å²) in [6, 6.07) is 0.